The normalized spacial score (nSPS) is 26.8. The van der Waals surface area contributed by atoms with E-state index < -0.39 is 5.60 Å². The van der Waals surface area contributed by atoms with E-state index in [1.807, 2.05) is 11.9 Å². The zero-order valence-electron chi connectivity index (χ0n) is 12.6. The summed E-state index contributed by atoms with van der Waals surface area (Å²) in [6.45, 7) is 0.770. The molecule has 0 bridgehead atoms. The highest BCUT2D eigenvalue weighted by atomic mass is 16.3. The third-order valence-corrected chi connectivity index (χ3v) is 5.42. The number of hydrogen-bond donors (Lipinski definition) is 1. The van der Waals surface area contributed by atoms with Gasteiger partial charge >= 0.3 is 0 Å². The second kappa shape index (κ2) is 4.57. The molecule has 1 aliphatic heterocycles. The largest absolute Gasteiger partial charge is 0.388 e. The molecule has 1 aromatic heterocycles. The van der Waals surface area contributed by atoms with Crippen molar-refractivity contribution in [2.45, 2.75) is 63.0 Å². The Labute approximate surface area is 124 Å². The molecule has 1 amide bonds. The third kappa shape index (κ3) is 2.01. The van der Waals surface area contributed by atoms with Gasteiger partial charge in [-0.05, 0) is 51.4 Å². The molecule has 1 N–H and O–H groups in total. The quantitative estimate of drug-likeness (QED) is 0.896. The van der Waals surface area contributed by atoms with Crippen LogP contribution in [-0.2, 0) is 19.9 Å². The van der Waals surface area contributed by atoms with E-state index in [1.54, 1.807) is 4.68 Å². The number of rotatable bonds is 2. The predicted molar refractivity (Wildman–Crippen MR) is 78.1 cm³/mol. The fourth-order valence-corrected chi connectivity index (χ4v) is 4.11. The van der Waals surface area contributed by atoms with Crippen molar-refractivity contribution in [2.24, 2.45) is 7.05 Å². The Morgan fingerprint density at radius 2 is 2.05 bits per heavy atom. The van der Waals surface area contributed by atoms with Crippen LogP contribution in [0.3, 0.4) is 0 Å². The zero-order chi connectivity index (χ0) is 14.6. The lowest BCUT2D eigenvalue weighted by Gasteiger charge is -2.29. The Bertz CT molecular complexity index is 589. The minimum atomic E-state index is -0.606. The average Bonchev–Trinajstić information content (AvgIpc) is 2.92. The van der Waals surface area contributed by atoms with Gasteiger partial charge in [0.15, 0.2) is 0 Å². The fourth-order valence-electron chi connectivity index (χ4n) is 4.11. The topological polar surface area (TPSA) is 58.4 Å². The van der Waals surface area contributed by atoms with Crippen LogP contribution in [0.4, 0.5) is 0 Å². The van der Waals surface area contributed by atoms with Crippen molar-refractivity contribution < 1.29 is 9.90 Å². The molecular formula is C16H23N3O2. The number of aliphatic hydroxyl groups is 1. The Morgan fingerprint density at radius 1 is 1.29 bits per heavy atom. The molecule has 114 valence electrons. The number of carbonyl (C=O) groups excluding carboxylic acids is 1. The first-order chi connectivity index (χ1) is 10.1. The molecule has 1 unspecified atom stereocenters. The molecule has 21 heavy (non-hydrogen) atoms. The maximum atomic E-state index is 13.0. The number of aryl methyl sites for hydroxylation is 2. The number of amides is 1. The van der Waals surface area contributed by atoms with Crippen molar-refractivity contribution in [2.75, 3.05) is 6.54 Å². The van der Waals surface area contributed by atoms with Crippen LogP contribution < -0.4 is 0 Å². The lowest BCUT2D eigenvalue weighted by Crippen LogP contribution is -2.44. The van der Waals surface area contributed by atoms with E-state index in [4.69, 9.17) is 0 Å². The van der Waals surface area contributed by atoms with Gasteiger partial charge in [0.2, 0.25) is 0 Å². The number of carbonyl (C=O) groups is 1. The van der Waals surface area contributed by atoms with Gasteiger partial charge in [0, 0.05) is 19.2 Å². The first kappa shape index (κ1) is 13.3. The maximum absolute atomic E-state index is 13.0. The van der Waals surface area contributed by atoms with Crippen LogP contribution in [-0.4, -0.2) is 43.9 Å². The average molecular weight is 289 g/mol. The SMILES string of the molecule is Cn1nc2c(c1C(=O)N1CCCC1C1(O)CC1)CCCC2. The molecule has 2 fully saturated rings. The first-order valence-electron chi connectivity index (χ1n) is 8.18. The van der Waals surface area contributed by atoms with Crippen LogP contribution >= 0.6 is 0 Å². The monoisotopic (exact) mass is 289 g/mol. The van der Waals surface area contributed by atoms with Crippen LogP contribution in [0.2, 0.25) is 0 Å². The van der Waals surface area contributed by atoms with Crippen molar-refractivity contribution in [1.82, 2.24) is 14.7 Å². The van der Waals surface area contributed by atoms with E-state index in [1.165, 1.54) is 6.42 Å². The smallest absolute Gasteiger partial charge is 0.272 e. The van der Waals surface area contributed by atoms with E-state index in [9.17, 15) is 9.90 Å². The van der Waals surface area contributed by atoms with Gasteiger partial charge in [-0.3, -0.25) is 9.48 Å². The summed E-state index contributed by atoms with van der Waals surface area (Å²) in [6, 6.07) is 0.0131. The van der Waals surface area contributed by atoms with Crippen molar-refractivity contribution >= 4 is 5.91 Å². The highest BCUT2D eigenvalue weighted by molar-refractivity contribution is 5.95. The summed E-state index contributed by atoms with van der Waals surface area (Å²) < 4.78 is 1.77. The summed E-state index contributed by atoms with van der Waals surface area (Å²) in [7, 11) is 1.88. The molecule has 1 aromatic rings. The van der Waals surface area contributed by atoms with Crippen LogP contribution in [0.25, 0.3) is 0 Å². The highest BCUT2D eigenvalue weighted by Gasteiger charge is 2.53. The first-order valence-corrected chi connectivity index (χ1v) is 8.18. The minimum absolute atomic E-state index is 0.0131. The van der Waals surface area contributed by atoms with E-state index in [-0.39, 0.29) is 11.9 Å². The number of hydrogen-bond acceptors (Lipinski definition) is 3. The zero-order valence-corrected chi connectivity index (χ0v) is 12.6. The highest BCUT2D eigenvalue weighted by Crippen LogP contribution is 2.45. The lowest BCUT2D eigenvalue weighted by molar-refractivity contribution is 0.0378. The van der Waals surface area contributed by atoms with Gasteiger partial charge in [0.1, 0.15) is 5.69 Å². The standard InChI is InChI=1S/C16H23N3O2/c1-18-14(11-5-2-3-6-12(11)17-18)15(20)19-10-4-7-13(19)16(21)8-9-16/h13,21H,2-10H2,1H3. The summed E-state index contributed by atoms with van der Waals surface area (Å²) in [6.07, 6.45) is 7.88. The van der Waals surface area contributed by atoms with Crippen LogP contribution in [0.15, 0.2) is 0 Å². The molecule has 5 heteroatoms. The Kier molecular flexibility index (Phi) is 2.89. The summed E-state index contributed by atoms with van der Waals surface area (Å²) in [5, 5.41) is 15.0. The molecule has 4 rings (SSSR count). The van der Waals surface area contributed by atoms with Gasteiger partial charge < -0.3 is 10.0 Å². The molecule has 3 aliphatic rings. The van der Waals surface area contributed by atoms with E-state index in [2.05, 4.69) is 5.10 Å². The summed E-state index contributed by atoms with van der Waals surface area (Å²) in [4.78, 5) is 15.0. The van der Waals surface area contributed by atoms with Gasteiger partial charge in [-0.1, -0.05) is 0 Å². The number of likely N-dealkylation sites (tertiary alicyclic amines) is 1. The van der Waals surface area contributed by atoms with Crippen molar-refractivity contribution in [3.05, 3.63) is 17.0 Å². The lowest BCUT2D eigenvalue weighted by atomic mass is 9.95. The summed E-state index contributed by atoms with van der Waals surface area (Å²) >= 11 is 0. The summed E-state index contributed by atoms with van der Waals surface area (Å²) in [5.74, 6) is 0.0796. The number of nitrogens with zero attached hydrogens (tertiary/aromatic N) is 3. The molecule has 1 atom stereocenters. The van der Waals surface area contributed by atoms with Gasteiger partial charge in [0.05, 0.1) is 17.3 Å². The number of aromatic nitrogens is 2. The molecule has 0 radical (unpaired) electrons. The molecule has 2 aliphatic carbocycles. The van der Waals surface area contributed by atoms with Crippen molar-refractivity contribution in [1.29, 1.82) is 0 Å². The Morgan fingerprint density at radius 3 is 2.81 bits per heavy atom. The maximum Gasteiger partial charge on any atom is 0.272 e. The molecular weight excluding hydrogens is 266 g/mol. The van der Waals surface area contributed by atoms with E-state index >= 15 is 0 Å². The molecule has 1 saturated heterocycles. The second-order valence-corrected chi connectivity index (χ2v) is 6.86. The Hall–Kier alpha value is -1.36. The van der Waals surface area contributed by atoms with Gasteiger partial charge in [-0.25, -0.2) is 0 Å². The number of fused-ring (bicyclic) bond motifs is 1. The van der Waals surface area contributed by atoms with Gasteiger partial charge in [-0.15, -0.1) is 0 Å². The van der Waals surface area contributed by atoms with Crippen molar-refractivity contribution in [3.63, 3.8) is 0 Å². The van der Waals surface area contributed by atoms with E-state index in [0.29, 0.717) is 0 Å². The van der Waals surface area contributed by atoms with E-state index in [0.717, 1.165) is 68.4 Å². The van der Waals surface area contributed by atoms with Gasteiger partial charge in [-0.2, -0.15) is 5.10 Å². The molecule has 0 spiro atoms. The molecule has 2 heterocycles. The molecule has 0 aromatic carbocycles. The van der Waals surface area contributed by atoms with Gasteiger partial charge in [0.25, 0.3) is 5.91 Å². The van der Waals surface area contributed by atoms with Crippen LogP contribution in [0, 0.1) is 0 Å². The van der Waals surface area contributed by atoms with Crippen LogP contribution in [0.1, 0.15) is 60.3 Å². The molecule has 1 saturated carbocycles. The van der Waals surface area contributed by atoms with Crippen molar-refractivity contribution in [3.8, 4) is 0 Å². The predicted octanol–water partition coefficient (Wildman–Crippen LogP) is 1.43. The fraction of sp³-hybridized carbons (Fsp3) is 0.750. The minimum Gasteiger partial charge on any atom is -0.388 e. The van der Waals surface area contributed by atoms with Crippen LogP contribution in [0.5, 0.6) is 0 Å². The second-order valence-electron chi connectivity index (χ2n) is 6.86. The summed E-state index contributed by atoms with van der Waals surface area (Å²) in [5.41, 5.74) is 2.42. The molecule has 5 nitrogen and oxygen atoms in total. The third-order valence-electron chi connectivity index (χ3n) is 5.42. The Balaban J connectivity index is 1.67.